The Balaban J connectivity index is 5.30. The zero-order valence-corrected chi connectivity index (χ0v) is 16.5. The molecule has 0 nitrogen and oxygen atoms in total. The third kappa shape index (κ3) is 2.83. The Morgan fingerprint density at radius 2 is 0.643 bits per heavy atom. The Bertz CT molecular complexity index is 191. The lowest BCUT2D eigenvalue weighted by Crippen LogP contribution is -2.72. The molecule has 86 valence electrons. The molecule has 0 saturated carbocycles. The van der Waals surface area contributed by atoms with E-state index in [2.05, 4.69) is 39.3 Å². The fourth-order valence-corrected chi connectivity index (χ4v) is 76.3. The van der Waals surface area contributed by atoms with Crippen molar-refractivity contribution in [3.8, 4) is 0 Å². The first-order chi connectivity index (χ1) is 5.75. The SMILES string of the molecule is C[Si](C)(C)[Si](Cl)(Cl)[Si](Cl)(Cl)[Si](C)(C)C. The van der Waals surface area contributed by atoms with E-state index in [1.165, 1.54) is 0 Å². The van der Waals surface area contributed by atoms with Crippen molar-refractivity contribution in [2.24, 2.45) is 0 Å². The molecule has 0 aliphatic rings. The molecule has 14 heavy (non-hydrogen) atoms. The van der Waals surface area contributed by atoms with Crippen LogP contribution in [0.25, 0.3) is 0 Å². The minimum absolute atomic E-state index is 1.63. The largest absolute Gasteiger partial charge is 0.258 e. The topological polar surface area (TPSA) is 0 Å². The molecule has 0 saturated heterocycles. The van der Waals surface area contributed by atoms with Crippen molar-refractivity contribution < 1.29 is 0 Å². The summed E-state index contributed by atoms with van der Waals surface area (Å²) >= 11 is 26.3. The van der Waals surface area contributed by atoms with Crippen LogP contribution in [0.15, 0.2) is 0 Å². The highest BCUT2D eigenvalue weighted by Crippen LogP contribution is 2.45. The van der Waals surface area contributed by atoms with Gasteiger partial charge in [0, 0.05) is 0 Å². The molecule has 0 aliphatic carbocycles. The maximum atomic E-state index is 6.59. The lowest BCUT2D eigenvalue weighted by atomic mass is 11.8. The van der Waals surface area contributed by atoms with Crippen molar-refractivity contribution in [3.05, 3.63) is 0 Å². The van der Waals surface area contributed by atoms with Gasteiger partial charge in [-0.25, -0.2) is 0 Å². The summed E-state index contributed by atoms with van der Waals surface area (Å²) in [5.41, 5.74) is -4.91. The highest BCUT2D eigenvalue weighted by Gasteiger charge is 2.66. The summed E-state index contributed by atoms with van der Waals surface area (Å²) in [4.78, 5) is 0. The van der Waals surface area contributed by atoms with Gasteiger partial charge in [-0.05, 0) is 0 Å². The number of hydrogen-bond donors (Lipinski definition) is 0. The number of halogens is 4. The van der Waals surface area contributed by atoms with E-state index in [0.717, 1.165) is 0 Å². The molecule has 0 fully saturated rings. The van der Waals surface area contributed by atoms with Gasteiger partial charge in [-0.1, -0.05) is 39.3 Å². The predicted octanol–water partition coefficient (Wildman–Crippen LogP) is 4.74. The van der Waals surface area contributed by atoms with Gasteiger partial charge in [-0.3, -0.25) is 0 Å². The second-order valence-corrected chi connectivity index (χ2v) is 53.5. The maximum Gasteiger partial charge on any atom is 0.258 e. The van der Waals surface area contributed by atoms with Gasteiger partial charge in [-0.15, -0.1) is 0 Å². The summed E-state index contributed by atoms with van der Waals surface area (Å²) in [6.07, 6.45) is 0. The monoisotopic (exact) mass is 342 g/mol. The second-order valence-electron chi connectivity index (χ2n) is 5.65. The van der Waals surface area contributed by atoms with E-state index < -0.39 is 26.6 Å². The molecule has 0 aliphatic heterocycles. The smallest absolute Gasteiger partial charge is 0.151 e. The molecule has 8 heteroatoms. The van der Waals surface area contributed by atoms with Crippen LogP contribution in [0.5, 0.6) is 0 Å². The Morgan fingerprint density at radius 1 is 0.500 bits per heavy atom. The normalized spacial score (nSPS) is 15.9. The van der Waals surface area contributed by atoms with Crippen molar-refractivity contribution in [2.75, 3.05) is 0 Å². The Hall–Kier alpha value is 2.03. The Morgan fingerprint density at radius 3 is 0.714 bits per heavy atom. The molecular weight excluding hydrogens is 326 g/mol. The van der Waals surface area contributed by atoms with E-state index in [9.17, 15) is 0 Å². The van der Waals surface area contributed by atoms with Crippen LogP contribution in [-0.2, 0) is 0 Å². The quantitative estimate of drug-likeness (QED) is 0.513. The second kappa shape index (κ2) is 4.36. The number of hydrogen-bond acceptors (Lipinski definition) is 0. The standard InChI is InChI=1S/C6H18Cl4Si4/c1-11(2,3)13(7,8)14(9,10)12(4,5)6/h1-6H3. The van der Waals surface area contributed by atoms with E-state index in [4.69, 9.17) is 44.3 Å². The molecule has 0 spiro atoms. The van der Waals surface area contributed by atoms with E-state index in [1.807, 2.05) is 0 Å². The van der Waals surface area contributed by atoms with Crippen LogP contribution in [-0.4, -0.2) is 26.6 Å². The first-order valence-corrected chi connectivity index (χ1v) is 22.6. The maximum absolute atomic E-state index is 6.59. The van der Waals surface area contributed by atoms with Crippen LogP contribution in [0.2, 0.25) is 39.3 Å². The molecule has 0 N–H and O–H groups in total. The van der Waals surface area contributed by atoms with Crippen LogP contribution in [0.1, 0.15) is 0 Å². The first kappa shape index (κ1) is 16.0. The first-order valence-electron chi connectivity index (χ1n) is 4.51. The summed E-state index contributed by atoms with van der Waals surface area (Å²) in [5, 5.41) is 0. The van der Waals surface area contributed by atoms with Crippen molar-refractivity contribution in [2.45, 2.75) is 39.3 Å². The van der Waals surface area contributed by atoms with Gasteiger partial charge in [0.15, 0.2) is 0 Å². The molecular formula is C6H18Cl4Si4. The summed E-state index contributed by atoms with van der Waals surface area (Å²) in [6.45, 7) is 13.0. The van der Waals surface area contributed by atoms with Gasteiger partial charge in [0.05, 0.1) is 15.2 Å². The van der Waals surface area contributed by atoms with Crippen LogP contribution >= 0.6 is 44.3 Å². The average molecular weight is 344 g/mol. The lowest BCUT2D eigenvalue weighted by molar-refractivity contribution is 1.84. The third-order valence-electron chi connectivity index (χ3n) is 2.28. The van der Waals surface area contributed by atoms with Gasteiger partial charge in [-0.2, -0.15) is 44.3 Å². The van der Waals surface area contributed by atoms with E-state index >= 15 is 0 Å². The fraction of sp³-hybridized carbons (Fsp3) is 1.00. The molecule has 0 atom stereocenters. The molecule has 0 aromatic rings. The van der Waals surface area contributed by atoms with E-state index in [0.29, 0.717) is 0 Å². The minimum atomic E-state index is -2.45. The van der Waals surface area contributed by atoms with Crippen molar-refractivity contribution in [1.29, 1.82) is 0 Å². The van der Waals surface area contributed by atoms with Crippen LogP contribution in [0.3, 0.4) is 0 Å². The van der Waals surface area contributed by atoms with Crippen LogP contribution in [0.4, 0.5) is 0 Å². The van der Waals surface area contributed by atoms with Gasteiger partial charge in [0.25, 0.3) is 11.5 Å². The highest BCUT2D eigenvalue weighted by atomic mass is 35.8. The van der Waals surface area contributed by atoms with Gasteiger partial charge in [0.2, 0.25) is 0 Å². The lowest BCUT2D eigenvalue weighted by Gasteiger charge is -2.43. The average Bonchev–Trinajstić information content (AvgIpc) is 1.81. The molecule has 0 radical (unpaired) electrons. The molecule has 0 amide bonds. The summed E-state index contributed by atoms with van der Waals surface area (Å²) in [7, 11) is -3.26. The highest BCUT2D eigenvalue weighted by molar-refractivity contribution is 8.16. The van der Waals surface area contributed by atoms with Crippen molar-refractivity contribution >= 4 is 71.0 Å². The number of rotatable bonds is 3. The molecule has 0 heterocycles. The van der Waals surface area contributed by atoms with Gasteiger partial charge in [0.1, 0.15) is 0 Å². The Labute approximate surface area is 109 Å². The molecule has 0 unspecified atom stereocenters. The van der Waals surface area contributed by atoms with Gasteiger partial charge >= 0.3 is 0 Å². The van der Waals surface area contributed by atoms with E-state index in [1.54, 1.807) is 0 Å². The zero-order chi connectivity index (χ0) is 12.0. The summed E-state index contributed by atoms with van der Waals surface area (Å²) in [6, 6.07) is 0. The summed E-state index contributed by atoms with van der Waals surface area (Å²) < 4.78 is 0. The Kier molecular flexibility index (Phi) is 5.00. The predicted molar refractivity (Wildman–Crippen MR) is 81.6 cm³/mol. The molecule has 0 aromatic carbocycles. The molecule has 0 bridgehead atoms. The zero-order valence-electron chi connectivity index (χ0n) is 9.51. The molecule has 0 rings (SSSR count). The summed E-state index contributed by atoms with van der Waals surface area (Å²) in [5.74, 6) is 0. The van der Waals surface area contributed by atoms with Crippen LogP contribution < -0.4 is 0 Å². The van der Waals surface area contributed by atoms with Gasteiger partial charge < -0.3 is 0 Å². The van der Waals surface area contributed by atoms with Crippen molar-refractivity contribution in [1.82, 2.24) is 0 Å². The van der Waals surface area contributed by atoms with Crippen LogP contribution in [0, 0.1) is 0 Å². The fourth-order valence-electron chi connectivity index (χ4n) is 0.942. The molecule has 0 aromatic heterocycles. The third-order valence-corrected chi connectivity index (χ3v) is 82.8. The minimum Gasteiger partial charge on any atom is -0.151 e. The van der Waals surface area contributed by atoms with Crippen molar-refractivity contribution in [3.63, 3.8) is 0 Å². The van der Waals surface area contributed by atoms with E-state index in [-0.39, 0.29) is 0 Å².